The van der Waals surface area contributed by atoms with E-state index in [9.17, 15) is 4.79 Å². The number of anilines is 1. The fourth-order valence-electron chi connectivity index (χ4n) is 1.21. The number of nitrogens with one attached hydrogen (secondary N) is 2. The molecule has 0 saturated heterocycles. The molecule has 0 saturated carbocycles. The number of carbonyl (C=O) groups excluding carboxylic acids is 1. The molecular weight excluding hydrogens is 238 g/mol. The van der Waals surface area contributed by atoms with Crippen LogP contribution in [-0.2, 0) is 0 Å². The third kappa shape index (κ3) is 4.63. The molecule has 0 aromatic heterocycles. The first-order valence-corrected chi connectivity index (χ1v) is 5.97. The summed E-state index contributed by atoms with van der Waals surface area (Å²) in [7, 11) is 0. The van der Waals surface area contributed by atoms with E-state index < -0.39 is 0 Å². The van der Waals surface area contributed by atoms with Gasteiger partial charge in [0.1, 0.15) is 0 Å². The summed E-state index contributed by atoms with van der Waals surface area (Å²) in [4.78, 5) is 11.5. The van der Waals surface area contributed by atoms with E-state index in [1.165, 1.54) is 0 Å². The highest BCUT2D eigenvalue weighted by atomic mass is 35.5. The second-order valence-corrected chi connectivity index (χ2v) is 4.37. The standard InChI is InChI=1S/C12H18ClN3O/c1-3-9(14)7-15-12(17)16-10-5-4-8(2)11(13)6-10/h4-6,9H,3,7,14H2,1-2H3,(H2,15,16,17). The van der Waals surface area contributed by atoms with Crippen LogP contribution in [0.25, 0.3) is 0 Å². The van der Waals surface area contributed by atoms with E-state index in [0.717, 1.165) is 12.0 Å². The molecule has 0 aliphatic rings. The van der Waals surface area contributed by atoms with E-state index in [0.29, 0.717) is 17.3 Å². The van der Waals surface area contributed by atoms with E-state index >= 15 is 0 Å². The van der Waals surface area contributed by atoms with Gasteiger partial charge < -0.3 is 16.4 Å². The van der Waals surface area contributed by atoms with Crippen molar-refractivity contribution in [1.82, 2.24) is 5.32 Å². The van der Waals surface area contributed by atoms with Gasteiger partial charge in [0.2, 0.25) is 0 Å². The highest BCUT2D eigenvalue weighted by molar-refractivity contribution is 6.31. The van der Waals surface area contributed by atoms with Gasteiger partial charge in [0, 0.05) is 23.3 Å². The summed E-state index contributed by atoms with van der Waals surface area (Å²) in [5.74, 6) is 0. The normalized spacial score (nSPS) is 12.0. The lowest BCUT2D eigenvalue weighted by Gasteiger charge is -2.11. The number of urea groups is 1. The molecule has 0 aliphatic heterocycles. The van der Waals surface area contributed by atoms with Crippen molar-refractivity contribution >= 4 is 23.3 Å². The molecule has 4 N–H and O–H groups in total. The Balaban J connectivity index is 2.48. The average molecular weight is 256 g/mol. The molecule has 1 aromatic rings. The predicted octanol–water partition coefficient (Wildman–Crippen LogP) is 2.51. The van der Waals surface area contributed by atoms with Crippen molar-refractivity contribution in [2.45, 2.75) is 26.3 Å². The SMILES string of the molecule is CCC(N)CNC(=O)Nc1ccc(C)c(Cl)c1. The van der Waals surface area contributed by atoms with Crippen molar-refractivity contribution < 1.29 is 4.79 Å². The molecule has 0 heterocycles. The van der Waals surface area contributed by atoms with Crippen LogP contribution in [0.2, 0.25) is 5.02 Å². The minimum Gasteiger partial charge on any atom is -0.336 e. The average Bonchev–Trinajstić information content (AvgIpc) is 2.31. The molecule has 2 amide bonds. The number of carbonyl (C=O) groups is 1. The third-order valence-corrected chi connectivity index (χ3v) is 2.89. The molecular formula is C12H18ClN3O. The van der Waals surface area contributed by atoms with Gasteiger partial charge in [0.25, 0.3) is 0 Å². The van der Waals surface area contributed by atoms with Crippen molar-refractivity contribution in [3.05, 3.63) is 28.8 Å². The Hall–Kier alpha value is -1.26. The first-order chi connectivity index (χ1) is 8.02. The molecule has 0 spiro atoms. The minimum atomic E-state index is -0.270. The van der Waals surface area contributed by atoms with Gasteiger partial charge in [-0.2, -0.15) is 0 Å². The second-order valence-electron chi connectivity index (χ2n) is 3.97. The first kappa shape index (κ1) is 13.8. The van der Waals surface area contributed by atoms with Gasteiger partial charge in [-0.05, 0) is 31.0 Å². The molecule has 0 bridgehead atoms. The summed E-state index contributed by atoms with van der Waals surface area (Å²) in [6.07, 6.45) is 0.830. The maximum absolute atomic E-state index is 11.5. The lowest BCUT2D eigenvalue weighted by Crippen LogP contribution is -2.38. The lowest BCUT2D eigenvalue weighted by molar-refractivity contribution is 0.251. The largest absolute Gasteiger partial charge is 0.336 e. The van der Waals surface area contributed by atoms with E-state index in [-0.39, 0.29) is 12.1 Å². The van der Waals surface area contributed by atoms with E-state index in [1.54, 1.807) is 12.1 Å². The fourth-order valence-corrected chi connectivity index (χ4v) is 1.39. The van der Waals surface area contributed by atoms with Gasteiger partial charge in [-0.3, -0.25) is 0 Å². The Labute approximate surface area is 107 Å². The molecule has 0 fully saturated rings. The highest BCUT2D eigenvalue weighted by Gasteiger charge is 2.05. The van der Waals surface area contributed by atoms with Crippen molar-refractivity contribution in [2.75, 3.05) is 11.9 Å². The van der Waals surface area contributed by atoms with Crippen molar-refractivity contribution in [3.63, 3.8) is 0 Å². The Morgan fingerprint density at radius 2 is 2.24 bits per heavy atom. The van der Waals surface area contributed by atoms with Gasteiger partial charge in [0.05, 0.1) is 0 Å². The maximum Gasteiger partial charge on any atom is 0.319 e. The monoisotopic (exact) mass is 255 g/mol. The van der Waals surface area contributed by atoms with Crippen LogP contribution in [0, 0.1) is 6.92 Å². The second kappa shape index (κ2) is 6.47. The quantitative estimate of drug-likeness (QED) is 0.774. The van der Waals surface area contributed by atoms with Gasteiger partial charge in [0.15, 0.2) is 0 Å². The van der Waals surface area contributed by atoms with Crippen LogP contribution in [0.3, 0.4) is 0 Å². The van der Waals surface area contributed by atoms with Gasteiger partial charge in [-0.1, -0.05) is 24.6 Å². The molecule has 94 valence electrons. The van der Waals surface area contributed by atoms with Crippen molar-refractivity contribution in [2.24, 2.45) is 5.73 Å². The number of nitrogens with two attached hydrogens (primary N) is 1. The number of hydrogen-bond acceptors (Lipinski definition) is 2. The van der Waals surface area contributed by atoms with Crippen LogP contribution in [0.15, 0.2) is 18.2 Å². The highest BCUT2D eigenvalue weighted by Crippen LogP contribution is 2.19. The zero-order valence-electron chi connectivity index (χ0n) is 10.1. The Morgan fingerprint density at radius 1 is 1.53 bits per heavy atom. The van der Waals surface area contributed by atoms with E-state index in [2.05, 4.69) is 10.6 Å². The van der Waals surface area contributed by atoms with Crippen LogP contribution in [0.1, 0.15) is 18.9 Å². The number of rotatable bonds is 4. The molecule has 0 aliphatic carbocycles. The molecule has 4 nitrogen and oxygen atoms in total. The Morgan fingerprint density at radius 3 is 2.82 bits per heavy atom. The summed E-state index contributed by atoms with van der Waals surface area (Å²) in [6, 6.07) is 5.10. The van der Waals surface area contributed by atoms with Crippen LogP contribution in [0.4, 0.5) is 10.5 Å². The maximum atomic E-state index is 11.5. The van der Waals surface area contributed by atoms with E-state index in [1.807, 2.05) is 19.9 Å². The van der Waals surface area contributed by atoms with Crippen LogP contribution in [0.5, 0.6) is 0 Å². The Kier molecular flexibility index (Phi) is 5.25. The zero-order valence-corrected chi connectivity index (χ0v) is 10.8. The molecule has 0 radical (unpaired) electrons. The smallest absolute Gasteiger partial charge is 0.319 e. The van der Waals surface area contributed by atoms with Crippen molar-refractivity contribution in [3.8, 4) is 0 Å². The molecule has 17 heavy (non-hydrogen) atoms. The molecule has 5 heteroatoms. The predicted molar refractivity (Wildman–Crippen MR) is 71.5 cm³/mol. The van der Waals surface area contributed by atoms with Gasteiger partial charge in [-0.15, -0.1) is 0 Å². The number of benzene rings is 1. The zero-order chi connectivity index (χ0) is 12.8. The summed E-state index contributed by atoms with van der Waals surface area (Å²) >= 11 is 5.96. The fraction of sp³-hybridized carbons (Fsp3) is 0.417. The van der Waals surface area contributed by atoms with Crippen LogP contribution < -0.4 is 16.4 Å². The van der Waals surface area contributed by atoms with Gasteiger partial charge in [-0.25, -0.2) is 4.79 Å². The molecule has 1 rings (SSSR count). The van der Waals surface area contributed by atoms with Crippen molar-refractivity contribution in [1.29, 1.82) is 0 Å². The van der Waals surface area contributed by atoms with Crippen LogP contribution in [-0.4, -0.2) is 18.6 Å². The van der Waals surface area contributed by atoms with E-state index in [4.69, 9.17) is 17.3 Å². The van der Waals surface area contributed by atoms with Crippen LogP contribution >= 0.6 is 11.6 Å². The number of amides is 2. The molecule has 1 atom stereocenters. The topological polar surface area (TPSA) is 67.1 Å². The lowest BCUT2D eigenvalue weighted by atomic mass is 10.2. The summed E-state index contributed by atoms with van der Waals surface area (Å²) in [5.41, 5.74) is 7.34. The van der Waals surface area contributed by atoms with Gasteiger partial charge >= 0.3 is 6.03 Å². The summed E-state index contributed by atoms with van der Waals surface area (Å²) in [6.45, 7) is 4.35. The Bertz CT molecular complexity index is 395. The minimum absolute atomic E-state index is 0.0117. The summed E-state index contributed by atoms with van der Waals surface area (Å²) in [5, 5.41) is 6.03. The molecule has 1 unspecified atom stereocenters. The number of halogens is 1. The summed E-state index contributed by atoms with van der Waals surface area (Å²) < 4.78 is 0. The third-order valence-electron chi connectivity index (χ3n) is 2.48. The molecule has 1 aromatic carbocycles. The first-order valence-electron chi connectivity index (χ1n) is 5.59. The number of aryl methyl sites for hydroxylation is 1. The number of hydrogen-bond donors (Lipinski definition) is 3.